The molecule has 3 aromatic heterocycles. The molecule has 0 saturated carbocycles. The summed E-state index contributed by atoms with van der Waals surface area (Å²) in [5, 5.41) is 0. The molecule has 7 heteroatoms. The fourth-order valence-electron chi connectivity index (χ4n) is 3.53. The molecule has 0 aliphatic rings. The Hall–Kier alpha value is -4.45. The minimum absolute atomic E-state index is 0. The van der Waals surface area contributed by atoms with E-state index in [2.05, 4.69) is 48.9 Å². The maximum Gasteiger partial charge on any atom is 3.00 e. The molecule has 0 aliphatic heterocycles. The van der Waals surface area contributed by atoms with Crippen LogP contribution in [-0.4, -0.2) is 29.9 Å². The molecule has 0 amide bonds. The SMILES string of the molecule is Cc1cc(-c2ccccc2)n[c-]n1.Cc1cc(-c2ccccc2)n[c-]n1.Cc1cc(-c2ccccc2)n[c-]n1.[Ir+3]. The number of rotatable bonds is 3. The first-order valence-corrected chi connectivity index (χ1v) is 12.4. The van der Waals surface area contributed by atoms with Crippen molar-refractivity contribution in [3.05, 3.63) is 145 Å². The molecular weight excluding hydrogens is 673 g/mol. The zero-order chi connectivity index (χ0) is 27.3. The Morgan fingerprint density at radius 3 is 0.850 bits per heavy atom. The summed E-state index contributed by atoms with van der Waals surface area (Å²) in [6.07, 6.45) is 7.88. The first kappa shape index (κ1) is 30.1. The van der Waals surface area contributed by atoms with Gasteiger partial charge >= 0.3 is 20.1 Å². The van der Waals surface area contributed by atoms with Gasteiger partial charge in [0.05, 0.1) is 0 Å². The number of benzene rings is 3. The van der Waals surface area contributed by atoms with Crippen molar-refractivity contribution in [3.63, 3.8) is 0 Å². The van der Waals surface area contributed by atoms with Gasteiger partial charge in [0.1, 0.15) is 0 Å². The molecule has 6 aromatic rings. The Kier molecular flexibility index (Phi) is 11.9. The van der Waals surface area contributed by atoms with Gasteiger partial charge in [0, 0.05) is 19.0 Å². The van der Waals surface area contributed by atoms with E-state index in [4.69, 9.17) is 0 Å². The average molecular weight is 700 g/mol. The van der Waals surface area contributed by atoms with Crippen LogP contribution >= 0.6 is 0 Å². The van der Waals surface area contributed by atoms with Gasteiger partial charge in [-0.3, -0.25) is 0 Å². The summed E-state index contributed by atoms with van der Waals surface area (Å²) in [4.78, 5) is 24.0. The Balaban J connectivity index is 0.000000163. The van der Waals surface area contributed by atoms with Gasteiger partial charge < -0.3 is 29.9 Å². The van der Waals surface area contributed by atoms with Gasteiger partial charge in [-0.15, -0.1) is 18.2 Å². The normalized spacial score (nSPS) is 9.68. The predicted octanol–water partition coefficient (Wildman–Crippen LogP) is 6.75. The minimum Gasteiger partial charge on any atom is -0.371 e. The van der Waals surface area contributed by atoms with Crippen LogP contribution in [0.4, 0.5) is 0 Å². The third kappa shape index (κ3) is 9.38. The Morgan fingerprint density at radius 1 is 0.375 bits per heavy atom. The second-order valence-electron chi connectivity index (χ2n) is 8.58. The third-order valence-corrected chi connectivity index (χ3v) is 5.44. The number of hydrogen-bond donors (Lipinski definition) is 0. The molecule has 0 bridgehead atoms. The van der Waals surface area contributed by atoms with Crippen molar-refractivity contribution in [2.75, 3.05) is 0 Å². The molecule has 0 N–H and O–H groups in total. The largest absolute Gasteiger partial charge is 3.00 e. The molecular formula is C33H27IrN6. The van der Waals surface area contributed by atoms with Crippen LogP contribution < -0.4 is 0 Å². The van der Waals surface area contributed by atoms with Gasteiger partial charge in [0.25, 0.3) is 0 Å². The van der Waals surface area contributed by atoms with E-state index >= 15 is 0 Å². The quantitative estimate of drug-likeness (QED) is 0.190. The van der Waals surface area contributed by atoms with Crippen molar-refractivity contribution in [1.82, 2.24) is 29.9 Å². The van der Waals surface area contributed by atoms with E-state index in [1.807, 2.05) is 130 Å². The van der Waals surface area contributed by atoms with Crippen LogP contribution in [0.1, 0.15) is 17.1 Å². The summed E-state index contributed by atoms with van der Waals surface area (Å²) < 4.78 is 0. The number of hydrogen-bond acceptors (Lipinski definition) is 6. The second kappa shape index (κ2) is 15.8. The van der Waals surface area contributed by atoms with Crippen LogP contribution in [-0.2, 0) is 20.1 Å². The van der Waals surface area contributed by atoms with Gasteiger partial charge in [0.15, 0.2) is 0 Å². The van der Waals surface area contributed by atoms with Crippen molar-refractivity contribution >= 4 is 0 Å². The minimum atomic E-state index is 0. The second-order valence-corrected chi connectivity index (χ2v) is 8.58. The number of aromatic nitrogens is 6. The summed E-state index contributed by atoms with van der Waals surface area (Å²) in [5.41, 5.74) is 8.89. The van der Waals surface area contributed by atoms with Crippen LogP contribution in [0.5, 0.6) is 0 Å². The molecule has 6 nitrogen and oxygen atoms in total. The molecule has 0 unspecified atom stereocenters. The summed E-state index contributed by atoms with van der Waals surface area (Å²) in [7, 11) is 0. The van der Waals surface area contributed by atoms with Crippen LogP contribution in [0.3, 0.4) is 0 Å². The van der Waals surface area contributed by atoms with Gasteiger partial charge in [-0.2, -0.15) is 0 Å². The van der Waals surface area contributed by atoms with Crippen molar-refractivity contribution in [2.45, 2.75) is 20.8 Å². The van der Waals surface area contributed by atoms with E-state index in [1.165, 1.54) is 0 Å². The number of aryl methyl sites for hydroxylation is 3. The first-order chi connectivity index (χ1) is 19.1. The van der Waals surface area contributed by atoms with E-state index in [0.717, 1.165) is 50.9 Å². The van der Waals surface area contributed by atoms with Crippen molar-refractivity contribution in [2.24, 2.45) is 0 Å². The molecule has 0 fully saturated rings. The van der Waals surface area contributed by atoms with Crippen LogP contribution in [0, 0.1) is 39.8 Å². The predicted molar refractivity (Wildman–Crippen MR) is 153 cm³/mol. The van der Waals surface area contributed by atoms with Crippen molar-refractivity contribution < 1.29 is 20.1 Å². The number of nitrogens with zero attached hydrogens (tertiary/aromatic N) is 6. The van der Waals surface area contributed by atoms with E-state index in [-0.39, 0.29) is 20.1 Å². The summed E-state index contributed by atoms with van der Waals surface area (Å²) in [5.74, 6) is 0. The molecule has 6 rings (SSSR count). The first-order valence-electron chi connectivity index (χ1n) is 12.4. The maximum atomic E-state index is 4.07. The van der Waals surface area contributed by atoms with Crippen LogP contribution in [0.2, 0.25) is 0 Å². The fourth-order valence-corrected chi connectivity index (χ4v) is 3.53. The average Bonchev–Trinajstić information content (AvgIpc) is 2.99. The third-order valence-electron chi connectivity index (χ3n) is 5.44. The van der Waals surface area contributed by atoms with Gasteiger partial charge in [-0.1, -0.05) is 146 Å². The van der Waals surface area contributed by atoms with Gasteiger partial charge in [0.2, 0.25) is 0 Å². The van der Waals surface area contributed by atoms with Gasteiger partial charge in [-0.25, -0.2) is 0 Å². The van der Waals surface area contributed by atoms with Crippen LogP contribution in [0.15, 0.2) is 109 Å². The summed E-state index contributed by atoms with van der Waals surface area (Å²) in [6.45, 7) is 5.81. The molecule has 40 heavy (non-hydrogen) atoms. The zero-order valence-electron chi connectivity index (χ0n) is 22.4. The maximum absolute atomic E-state index is 4.07. The molecule has 3 heterocycles. The van der Waals surface area contributed by atoms with Gasteiger partial charge in [-0.05, 0) is 17.1 Å². The molecule has 198 valence electrons. The van der Waals surface area contributed by atoms with Crippen LogP contribution in [0.25, 0.3) is 33.8 Å². The Bertz CT molecular complexity index is 1390. The molecule has 3 aromatic carbocycles. The van der Waals surface area contributed by atoms with E-state index in [0.29, 0.717) is 0 Å². The fraction of sp³-hybridized carbons (Fsp3) is 0.0909. The van der Waals surface area contributed by atoms with Crippen molar-refractivity contribution in [1.29, 1.82) is 0 Å². The standard InChI is InChI=1S/3C11H9N2.Ir/c3*1-9-7-11(13-8-12-9)10-5-3-2-4-6-10;/h3*2-7H,1H3;/q3*-1;+3. The monoisotopic (exact) mass is 700 g/mol. The van der Waals surface area contributed by atoms with E-state index in [9.17, 15) is 0 Å². The van der Waals surface area contributed by atoms with E-state index < -0.39 is 0 Å². The Labute approximate surface area is 249 Å². The smallest absolute Gasteiger partial charge is 0.371 e. The topological polar surface area (TPSA) is 77.3 Å². The molecule has 0 aliphatic carbocycles. The molecule has 0 radical (unpaired) electrons. The molecule has 0 spiro atoms. The molecule has 0 atom stereocenters. The zero-order valence-corrected chi connectivity index (χ0v) is 24.8. The van der Waals surface area contributed by atoms with E-state index in [1.54, 1.807) is 0 Å². The summed E-state index contributed by atoms with van der Waals surface area (Å²) in [6, 6.07) is 35.9. The van der Waals surface area contributed by atoms with Crippen molar-refractivity contribution in [3.8, 4) is 33.8 Å². The Morgan fingerprint density at radius 2 is 0.625 bits per heavy atom. The summed E-state index contributed by atoms with van der Waals surface area (Å²) >= 11 is 0. The molecule has 0 saturated heterocycles.